The Hall–Kier alpha value is -8.28. The van der Waals surface area contributed by atoms with Gasteiger partial charge in [0.25, 0.3) is 0 Å². The van der Waals surface area contributed by atoms with Gasteiger partial charge in [-0.3, -0.25) is 4.57 Å². The molecule has 0 aliphatic carbocycles. The molecular weight excluding hydrogens is 745 g/mol. The Morgan fingerprint density at radius 2 is 1.00 bits per heavy atom. The summed E-state index contributed by atoms with van der Waals surface area (Å²) in [7, 11) is 0. The summed E-state index contributed by atoms with van der Waals surface area (Å²) in [5.41, 5.74) is 13.0. The lowest BCUT2D eigenvalue weighted by molar-refractivity contribution is 0.487. The maximum atomic E-state index is 6.71. The summed E-state index contributed by atoms with van der Waals surface area (Å²) in [5.74, 6) is 3.27. The van der Waals surface area contributed by atoms with Gasteiger partial charge in [-0.15, -0.1) is 0 Å². The van der Waals surface area contributed by atoms with Crippen molar-refractivity contribution in [3.8, 4) is 67.9 Å². The number of nitrogens with zero attached hydrogens (tertiary/aromatic N) is 4. The second-order valence-electron chi connectivity index (χ2n) is 15.7. The van der Waals surface area contributed by atoms with Crippen LogP contribution in [0.4, 0.5) is 0 Å². The van der Waals surface area contributed by atoms with Crippen molar-refractivity contribution in [1.82, 2.24) is 19.1 Å². The summed E-state index contributed by atoms with van der Waals surface area (Å²) in [6.45, 7) is 0. The molecule has 0 atom stereocenters. The van der Waals surface area contributed by atoms with E-state index >= 15 is 0 Å². The average Bonchev–Trinajstić information content (AvgIpc) is 3.85. The van der Waals surface area contributed by atoms with Gasteiger partial charge < -0.3 is 9.30 Å². The fraction of sp³-hybridized carbons (Fsp3) is 0. The predicted octanol–water partition coefficient (Wildman–Crippen LogP) is 14.6. The molecule has 0 bridgehead atoms. The molecule has 5 heteroatoms. The van der Waals surface area contributed by atoms with E-state index in [1.165, 1.54) is 27.1 Å². The first kappa shape index (κ1) is 33.7. The molecule has 3 aromatic heterocycles. The molecule has 0 radical (unpaired) electrons. The third-order valence-corrected chi connectivity index (χ3v) is 12.3. The highest BCUT2D eigenvalue weighted by Gasteiger charge is 2.25. The Bertz CT molecular complexity index is 3660. The average molecular weight is 779 g/mol. The van der Waals surface area contributed by atoms with Crippen LogP contribution in [0.1, 0.15) is 0 Å². The van der Waals surface area contributed by atoms with Crippen LogP contribution in [0.25, 0.3) is 111 Å². The number of ether oxygens (including phenoxy) is 1. The van der Waals surface area contributed by atoms with E-state index in [1.807, 2.05) is 30.3 Å². The summed E-state index contributed by atoms with van der Waals surface area (Å²) in [6.07, 6.45) is 0. The third kappa shape index (κ3) is 5.08. The Morgan fingerprint density at radius 3 is 1.85 bits per heavy atom. The lowest BCUT2D eigenvalue weighted by Crippen LogP contribution is -2.02. The van der Waals surface area contributed by atoms with E-state index in [4.69, 9.17) is 14.7 Å². The second kappa shape index (κ2) is 13.1. The standard InChI is InChI=1S/C56H34N4O/c1-4-16-35(17-5-1)45-33-52(58-56(57-45)36-18-6-2-7-19-36)60-46-27-12-10-23-42(46)53-39(24-15-28-47(53)60)37-30-31-43-48(32-37)59(38-20-8-3-9-21-38)49-34-51-55-41(25-14-26-44(55)54(43)49)40-22-11-13-29-50(40)61-51/h1-34H. The van der Waals surface area contributed by atoms with E-state index in [0.717, 1.165) is 89.4 Å². The summed E-state index contributed by atoms with van der Waals surface area (Å²) in [6, 6.07) is 73.0. The number of rotatable bonds is 5. The minimum absolute atomic E-state index is 0.686. The first-order chi connectivity index (χ1) is 30.3. The Labute approximate surface area is 351 Å². The van der Waals surface area contributed by atoms with E-state index in [1.54, 1.807) is 0 Å². The van der Waals surface area contributed by atoms with Crippen LogP contribution in [0.2, 0.25) is 0 Å². The van der Waals surface area contributed by atoms with Crippen molar-refractivity contribution in [3.05, 3.63) is 206 Å². The largest absolute Gasteiger partial charge is 0.456 e. The molecule has 0 saturated heterocycles. The van der Waals surface area contributed by atoms with Gasteiger partial charge in [0.2, 0.25) is 0 Å². The highest BCUT2D eigenvalue weighted by atomic mass is 16.5. The number of benzene rings is 9. The number of hydrogen-bond acceptors (Lipinski definition) is 3. The van der Waals surface area contributed by atoms with Gasteiger partial charge in [-0.1, -0.05) is 158 Å². The maximum absolute atomic E-state index is 6.71. The number of fused-ring (bicyclic) bond motifs is 9. The molecular formula is C56H34N4O. The van der Waals surface area contributed by atoms with Crippen LogP contribution in [-0.4, -0.2) is 19.1 Å². The Kier molecular flexibility index (Phi) is 7.24. The number of para-hydroxylation sites is 3. The molecule has 284 valence electrons. The summed E-state index contributed by atoms with van der Waals surface area (Å²) < 4.78 is 11.4. The zero-order chi connectivity index (χ0) is 40.0. The molecule has 0 unspecified atom stereocenters. The first-order valence-corrected chi connectivity index (χ1v) is 20.7. The van der Waals surface area contributed by atoms with Gasteiger partial charge in [0, 0.05) is 61.4 Å². The smallest absolute Gasteiger partial charge is 0.162 e. The third-order valence-electron chi connectivity index (χ3n) is 12.3. The zero-order valence-corrected chi connectivity index (χ0v) is 32.8. The van der Waals surface area contributed by atoms with Crippen molar-refractivity contribution in [2.24, 2.45) is 0 Å². The summed E-state index contributed by atoms with van der Waals surface area (Å²) >= 11 is 0. The molecule has 1 aliphatic heterocycles. The molecule has 0 spiro atoms. The number of hydrogen-bond donors (Lipinski definition) is 0. The molecule has 4 heterocycles. The van der Waals surface area contributed by atoms with Gasteiger partial charge in [0.15, 0.2) is 5.82 Å². The minimum Gasteiger partial charge on any atom is -0.456 e. The van der Waals surface area contributed by atoms with Crippen LogP contribution in [0.3, 0.4) is 0 Å². The fourth-order valence-corrected chi connectivity index (χ4v) is 9.70. The van der Waals surface area contributed by atoms with E-state index in [-0.39, 0.29) is 0 Å². The van der Waals surface area contributed by atoms with Crippen LogP contribution in [0.15, 0.2) is 206 Å². The molecule has 0 N–H and O–H groups in total. The molecule has 1 aliphatic rings. The lowest BCUT2D eigenvalue weighted by atomic mass is 9.92. The fourth-order valence-electron chi connectivity index (χ4n) is 9.70. The van der Waals surface area contributed by atoms with Gasteiger partial charge in [0.1, 0.15) is 17.3 Å². The monoisotopic (exact) mass is 778 g/mol. The molecule has 0 amide bonds. The molecule has 9 aromatic carbocycles. The van der Waals surface area contributed by atoms with E-state index in [2.05, 4.69) is 185 Å². The number of aromatic nitrogens is 4. The van der Waals surface area contributed by atoms with Gasteiger partial charge in [-0.2, -0.15) is 0 Å². The van der Waals surface area contributed by atoms with Crippen molar-refractivity contribution in [2.45, 2.75) is 0 Å². The quantitative estimate of drug-likeness (QED) is 0.175. The van der Waals surface area contributed by atoms with Gasteiger partial charge >= 0.3 is 0 Å². The van der Waals surface area contributed by atoms with E-state index in [9.17, 15) is 0 Å². The molecule has 61 heavy (non-hydrogen) atoms. The van der Waals surface area contributed by atoms with Crippen LogP contribution in [0.5, 0.6) is 11.5 Å². The lowest BCUT2D eigenvalue weighted by Gasteiger charge is -2.22. The van der Waals surface area contributed by atoms with Crippen molar-refractivity contribution < 1.29 is 4.74 Å². The highest BCUT2D eigenvalue weighted by molar-refractivity contribution is 6.26. The van der Waals surface area contributed by atoms with Crippen LogP contribution in [-0.2, 0) is 0 Å². The van der Waals surface area contributed by atoms with Crippen LogP contribution < -0.4 is 4.74 Å². The van der Waals surface area contributed by atoms with Crippen molar-refractivity contribution in [3.63, 3.8) is 0 Å². The highest BCUT2D eigenvalue weighted by Crippen LogP contribution is 2.51. The maximum Gasteiger partial charge on any atom is 0.162 e. The van der Waals surface area contributed by atoms with Crippen molar-refractivity contribution in [2.75, 3.05) is 0 Å². The van der Waals surface area contributed by atoms with Gasteiger partial charge in [-0.25, -0.2) is 9.97 Å². The topological polar surface area (TPSA) is 44.9 Å². The van der Waals surface area contributed by atoms with E-state index < -0.39 is 0 Å². The van der Waals surface area contributed by atoms with Crippen molar-refractivity contribution >= 4 is 54.4 Å². The summed E-state index contributed by atoms with van der Waals surface area (Å²) in [5, 5.41) is 7.09. The predicted molar refractivity (Wildman–Crippen MR) is 250 cm³/mol. The second-order valence-corrected chi connectivity index (χ2v) is 15.7. The van der Waals surface area contributed by atoms with Crippen molar-refractivity contribution in [1.29, 1.82) is 0 Å². The normalized spacial score (nSPS) is 12.1. The Morgan fingerprint density at radius 1 is 0.344 bits per heavy atom. The molecule has 13 rings (SSSR count). The Balaban J connectivity index is 1.07. The van der Waals surface area contributed by atoms with E-state index in [0.29, 0.717) is 5.82 Å². The zero-order valence-electron chi connectivity index (χ0n) is 32.8. The van der Waals surface area contributed by atoms with Gasteiger partial charge in [0.05, 0.1) is 27.8 Å². The molecule has 0 fully saturated rings. The first-order valence-electron chi connectivity index (χ1n) is 20.7. The molecule has 0 saturated carbocycles. The minimum atomic E-state index is 0.686. The molecule has 5 nitrogen and oxygen atoms in total. The van der Waals surface area contributed by atoms with Gasteiger partial charge in [-0.05, 0) is 58.5 Å². The van der Waals surface area contributed by atoms with Crippen LogP contribution in [0, 0.1) is 0 Å². The summed E-state index contributed by atoms with van der Waals surface area (Å²) in [4.78, 5) is 10.4. The SMILES string of the molecule is c1ccc(-c2cc(-n3c4ccccc4c4c(-c5ccc6c7c8cccc9c8c(cc7n(-c7ccccc7)c6c5)Oc5ccccc5-9)cccc43)nc(-c3ccccc3)n2)cc1. The molecule has 12 aromatic rings. The van der Waals surface area contributed by atoms with Crippen LogP contribution >= 0.6 is 0 Å².